The standard InChI is InChI=1S/C15H13N7O/c16-6-11-14(13-12(20-15(11)23)2-1-4-17-13)21-5-3-10(7-21)22-8-18-19-9-22/h1-2,4,8-10H,3,5,7H2,(H,20,23). The van der Waals surface area contributed by atoms with Crippen LogP contribution in [0.15, 0.2) is 35.8 Å². The third kappa shape index (κ3) is 2.14. The highest BCUT2D eigenvalue weighted by atomic mass is 16.1. The maximum atomic E-state index is 12.2. The molecule has 1 unspecified atom stereocenters. The van der Waals surface area contributed by atoms with Crippen molar-refractivity contribution in [3.8, 4) is 6.07 Å². The highest BCUT2D eigenvalue weighted by molar-refractivity contribution is 5.91. The summed E-state index contributed by atoms with van der Waals surface area (Å²) < 4.78 is 1.95. The van der Waals surface area contributed by atoms with E-state index in [0.717, 1.165) is 13.0 Å². The Labute approximate surface area is 131 Å². The van der Waals surface area contributed by atoms with Gasteiger partial charge in [0.05, 0.1) is 17.2 Å². The Morgan fingerprint density at radius 3 is 2.96 bits per heavy atom. The van der Waals surface area contributed by atoms with Crippen LogP contribution in [-0.2, 0) is 0 Å². The van der Waals surface area contributed by atoms with Crippen molar-refractivity contribution in [2.75, 3.05) is 18.0 Å². The van der Waals surface area contributed by atoms with Gasteiger partial charge < -0.3 is 14.5 Å². The lowest BCUT2D eigenvalue weighted by Gasteiger charge is -2.21. The van der Waals surface area contributed by atoms with Crippen molar-refractivity contribution in [3.63, 3.8) is 0 Å². The second kappa shape index (κ2) is 5.21. The number of aromatic nitrogens is 5. The largest absolute Gasteiger partial charge is 0.366 e. The zero-order valence-corrected chi connectivity index (χ0v) is 12.2. The number of pyridine rings is 2. The van der Waals surface area contributed by atoms with Crippen molar-refractivity contribution < 1.29 is 0 Å². The van der Waals surface area contributed by atoms with Crippen LogP contribution in [0.4, 0.5) is 5.69 Å². The summed E-state index contributed by atoms with van der Waals surface area (Å²) in [7, 11) is 0. The van der Waals surface area contributed by atoms with Crippen LogP contribution in [0.2, 0.25) is 0 Å². The zero-order valence-electron chi connectivity index (χ0n) is 12.2. The molecule has 1 fully saturated rings. The van der Waals surface area contributed by atoms with Gasteiger partial charge in [-0.05, 0) is 18.6 Å². The van der Waals surface area contributed by atoms with E-state index in [1.165, 1.54) is 0 Å². The molecular formula is C15H13N7O. The van der Waals surface area contributed by atoms with E-state index in [0.29, 0.717) is 23.3 Å². The van der Waals surface area contributed by atoms with Gasteiger partial charge >= 0.3 is 0 Å². The molecule has 4 heterocycles. The molecular weight excluding hydrogens is 294 g/mol. The maximum absolute atomic E-state index is 12.2. The fourth-order valence-corrected chi connectivity index (χ4v) is 3.10. The van der Waals surface area contributed by atoms with Crippen LogP contribution in [-0.4, -0.2) is 37.8 Å². The van der Waals surface area contributed by atoms with Crippen molar-refractivity contribution in [2.45, 2.75) is 12.5 Å². The summed E-state index contributed by atoms with van der Waals surface area (Å²) in [5.74, 6) is 0. The molecule has 1 aliphatic rings. The normalized spacial score (nSPS) is 17.5. The Hall–Kier alpha value is -3.21. The number of nitrogens with one attached hydrogen (secondary N) is 1. The third-order valence-corrected chi connectivity index (χ3v) is 4.19. The highest BCUT2D eigenvalue weighted by Crippen LogP contribution is 2.31. The van der Waals surface area contributed by atoms with Gasteiger partial charge in [-0.1, -0.05) is 0 Å². The number of H-pyrrole nitrogens is 1. The van der Waals surface area contributed by atoms with Crippen molar-refractivity contribution in [2.24, 2.45) is 0 Å². The average Bonchev–Trinajstić information content (AvgIpc) is 3.24. The average molecular weight is 307 g/mol. The van der Waals surface area contributed by atoms with Crippen LogP contribution < -0.4 is 10.5 Å². The van der Waals surface area contributed by atoms with Crippen molar-refractivity contribution >= 4 is 16.7 Å². The van der Waals surface area contributed by atoms with Crippen LogP contribution in [0.5, 0.6) is 0 Å². The summed E-state index contributed by atoms with van der Waals surface area (Å²) in [6.07, 6.45) is 5.93. The molecule has 1 atom stereocenters. The SMILES string of the molecule is N#Cc1c(N2CCC(n3cnnc3)C2)c2ncccc2[nH]c1=O. The molecule has 4 rings (SSSR count). The molecule has 23 heavy (non-hydrogen) atoms. The van der Waals surface area contributed by atoms with Gasteiger partial charge in [-0.2, -0.15) is 5.26 Å². The first-order valence-corrected chi connectivity index (χ1v) is 7.28. The molecule has 8 heteroatoms. The number of hydrogen-bond acceptors (Lipinski definition) is 6. The number of nitrogens with zero attached hydrogens (tertiary/aromatic N) is 6. The smallest absolute Gasteiger partial charge is 0.268 e. The van der Waals surface area contributed by atoms with Gasteiger partial charge in [-0.15, -0.1) is 10.2 Å². The second-order valence-corrected chi connectivity index (χ2v) is 5.49. The predicted octanol–water partition coefficient (Wildman–Crippen LogP) is 0.838. The first-order valence-electron chi connectivity index (χ1n) is 7.28. The molecule has 0 saturated carbocycles. The maximum Gasteiger partial charge on any atom is 0.268 e. The topological polar surface area (TPSA) is 103 Å². The Balaban J connectivity index is 1.83. The Morgan fingerprint density at radius 2 is 2.17 bits per heavy atom. The van der Waals surface area contributed by atoms with Crippen LogP contribution in [0.3, 0.4) is 0 Å². The van der Waals surface area contributed by atoms with Gasteiger partial charge in [0.1, 0.15) is 29.8 Å². The molecule has 3 aromatic rings. The lowest BCUT2D eigenvalue weighted by Crippen LogP contribution is -2.25. The first-order chi connectivity index (χ1) is 11.3. The Morgan fingerprint density at radius 1 is 1.35 bits per heavy atom. The number of rotatable bonds is 2. The lowest BCUT2D eigenvalue weighted by atomic mass is 10.1. The molecule has 1 aliphatic heterocycles. The summed E-state index contributed by atoms with van der Waals surface area (Å²) in [6, 6.07) is 5.80. The molecule has 0 spiro atoms. The summed E-state index contributed by atoms with van der Waals surface area (Å²) in [4.78, 5) is 21.3. The molecule has 0 amide bonds. The van der Waals surface area contributed by atoms with E-state index in [9.17, 15) is 10.1 Å². The molecule has 1 N–H and O–H groups in total. The van der Waals surface area contributed by atoms with E-state index < -0.39 is 0 Å². The van der Waals surface area contributed by atoms with E-state index in [1.54, 1.807) is 31.0 Å². The van der Waals surface area contributed by atoms with E-state index in [2.05, 4.69) is 20.2 Å². The van der Waals surface area contributed by atoms with Gasteiger partial charge in [-0.25, -0.2) is 0 Å². The van der Waals surface area contributed by atoms with E-state index in [1.807, 2.05) is 15.5 Å². The van der Waals surface area contributed by atoms with Crippen LogP contribution in [0.1, 0.15) is 18.0 Å². The monoisotopic (exact) mass is 307 g/mol. The molecule has 3 aromatic heterocycles. The fraction of sp³-hybridized carbons (Fsp3) is 0.267. The molecule has 114 valence electrons. The van der Waals surface area contributed by atoms with Gasteiger partial charge in [0, 0.05) is 19.3 Å². The molecule has 0 radical (unpaired) electrons. The predicted molar refractivity (Wildman–Crippen MR) is 83.0 cm³/mol. The van der Waals surface area contributed by atoms with Crippen molar-refractivity contribution in [1.82, 2.24) is 24.7 Å². The Kier molecular flexibility index (Phi) is 3.05. The first kappa shape index (κ1) is 13.5. The summed E-state index contributed by atoms with van der Waals surface area (Å²) in [5, 5.41) is 17.1. The third-order valence-electron chi connectivity index (χ3n) is 4.19. The molecule has 8 nitrogen and oxygen atoms in total. The van der Waals surface area contributed by atoms with Crippen LogP contribution in [0, 0.1) is 11.3 Å². The van der Waals surface area contributed by atoms with Crippen LogP contribution >= 0.6 is 0 Å². The lowest BCUT2D eigenvalue weighted by molar-refractivity contribution is 0.550. The van der Waals surface area contributed by atoms with Gasteiger partial charge in [0.2, 0.25) is 0 Å². The number of hydrogen-bond donors (Lipinski definition) is 1. The zero-order chi connectivity index (χ0) is 15.8. The van der Waals surface area contributed by atoms with Crippen molar-refractivity contribution in [1.29, 1.82) is 5.26 Å². The van der Waals surface area contributed by atoms with Crippen molar-refractivity contribution in [3.05, 3.63) is 46.9 Å². The molecule has 0 aliphatic carbocycles. The Bertz CT molecular complexity index is 954. The number of nitriles is 1. The highest BCUT2D eigenvalue weighted by Gasteiger charge is 2.28. The van der Waals surface area contributed by atoms with E-state index >= 15 is 0 Å². The van der Waals surface area contributed by atoms with Gasteiger partial charge in [0.15, 0.2) is 0 Å². The summed E-state index contributed by atoms with van der Waals surface area (Å²) >= 11 is 0. The number of fused-ring (bicyclic) bond motifs is 1. The molecule has 0 aromatic carbocycles. The van der Waals surface area contributed by atoms with Crippen LogP contribution in [0.25, 0.3) is 11.0 Å². The fourth-order valence-electron chi connectivity index (χ4n) is 3.10. The summed E-state index contributed by atoms with van der Waals surface area (Å²) in [6.45, 7) is 1.43. The van der Waals surface area contributed by atoms with E-state index in [4.69, 9.17) is 0 Å². The van der Waals surface area contributed by atoms with Gasteiger partial charge in [0.25, 0.3) is 5.56 Å². The minimum absolute atomic E-state index is 0.112. The number of aromatic amines is 1. The minimum atomic E-state index is -0.379. The molecule has 0 bridgehead atoms. The number of anilines is 1. The summed E-state index contributed by atoms with van der Waals surface area (Å²) in [5.41, 5.74) is 1.63. The van der Waals surface area contributed by atoms with E-state index in [-0.39, 0.29) is 17.2 Å². The second-order valence-electron chi connectivity index (χ2n) is 5.49. The minimum Gasteiger partial charge on any atom is -0.366 e. The quantitative estimate of drug-likeness (QED) is 0.752. The molecule has 1 saturated heterocycles. The van der Waals surface area contributed by atoms with Gasteiger partial charge in [-0.3, -0.25) is 9.78 Å².